The number of hydrogen-bond donors (Lipinski definition) is 1. The molecule has 0 fully saturated rings. The summed E-state index contributed by atoms with van der Waals surface area (Å²) >= 11 is 0. The molecule has 2 aromatic heterocycles. The first-order valence-electron chi connectivity index (χ1n) is 5.21. The molecule has 0 aliphatic carbocycles. The lowest BCUT2D eigenvalue weighted by atomic mass is 10.1. The SMILES string of the molecule is Cc1nc2c(-c3cc(C(=O)O)no3)cccc2o1. The molecule has 1 N–H and O–H groups in total. The van der Waals surface area contributed by atoms with Gasteiger partial charge in [-0.05, 0) is 12.1 Å². The molecule has 0 saturated carbocycles. The number of benzene rings is 1. The van der Waals surface area contributed by atoms with Crippen LogP contribution in [0.1, 0.15) is 16.4 Å². The molecule has 6 nitrogen and oxygen atoms in total. The zero-order valence-electron chi connectivity index (χ0n) is 9.38. The summed E-state index contributed by atoms with van der Waals surface area (Å²) in [5, 5.41) is 12.3. The van der Waals surface area contributed by atoms with Crippen LogP contribution < -0.4 is 0 Å². The first kappa shape index (κ1) is 10.5. The highest BCUT2D eigenvalue weighted by Gasteiger charge is 2.16. The molecule has 1 aromatic carbocycles. The lowest BCUT2D eigenvalue weighted by Crippen LogP contribution is -1.94. The number of nitrogens with zero attached hydrogens (tertiary/aromatic N) is 2. The number of fused-ring (bicyclic) bond motifs is 1. The van der Waals surface area contributed by atoms with E-state index in [2.05, 4.69) is 10.1 Å². The molecule has 0 unspecified atom stereocenters. The molecule has 3 rings (SSSR count). The molecule has 0 aliphatic heterocycles. The number of aromatic nitrogens is 2. The van der Waals surface area contributed by atoms with Crippen molar-refractivity contribution < 1.29 is 18.8 Å². The number of oxazole rings is 1. The molecular formula is C12H8N2O4. The maximum atomic E-state index is 10.8. The predicted octanol–water partition coefficient (Wildman–Crippen LogP) is 2.49. The zero-order chi connectivity index (χ0) is 12.7. The summed E-state index contributed by atoms with van der Waals surface area (Å²) < 4.78 is 10.4. The molecule has 0 radical (unpaired) electrons. The van der Waals surface area contributed by atoms with E-state index in [0.29, 0.717) is 28.3 Å². The number of hydrogen-bond acceptors (Lipinski definition) is 5. The third-order valence-electron chi connectivity index (χ3n) is 2.52. The topological polar surface area (TPSA) is 89.4 Å². The van der Waals surface area contributed by atoms with E-state index in [1.54, 1.807) is 25.1 Å². The van der Waals surface area contributed by atoms with Crippen LogP contribution in [0.2, 0.25) is 0 Å². The third-order valence-corrected chi connectivity index (χ3v) is 2.52. The van der Waals surface area contributed by atoms with Gasteiger partial charge in [0, 0.05) is 18.6 Å². The Morgan fingerprint density at radius 3 is 2.94 bits per heavy atom. The molecule has 3 aromatic rings. The van der Waals surface area contributed by atoms with Crippen molar-refractivity contribution in [2.45, 2.75) is 6.92 Å². The minimum absolute atomic E-state index is 0.137. The Hall–Kier alpha value is -2.63. The summed E-state index contributed by atoms with van der Waals surface area (Å²) in [4.78, 5) is 15.0. The fourth-order valence-corrected chi connectivity index (χ4v) is 1.76. The summed E-state index contributed by atoms with van der Waals surface area (Å²) in [7, 11) is 0. The van der Waals surface area contributed by atoms with E-state index in [4.69, 9.17) is 14.0 Å². The van der Waals surface area contributed by atoms with Gasteiger partial charge in [-0.2, -0.15) is 0 Å². The average Bonchev–Trinajstić information content (AvgIpc) is 2.92. The van der Waals surface area contributed by atoms with Crippen LogP contribution in [0, 0.1) is 6.92 Å². The lowest BCUT2D eigenvalue weighted by molar-refractivity contribution is 0.0686. The highest BCUT2D eigenvalue weighted by atomic mass is 16.5. The first-order chi connectivity index (χ1) is 8.65. The second-order valence-corrected chi connectivity index (χ2v) is 3.77. The second-order valence-electron chi connectivity index (χ2n) is 3.77. The van der Waals surface area contributed by atoms with E-state index >= 15 is 0 Å². The molecular weight excluding hydrogens is 236 g/mol. The Kier molecular flexibility index (Phi) is 2.16. The minimum Gasteiger partial charge on any atom is -0.476 e. The van der Waals surface area contributed by atoms with E-state index in [1.807, 2.05) is 0 Å². The Balaban J connectivity index is 2.21. The van der Waals surface area contributed by atoms with Crippen LogP contribution in [0.4, 0.5) is 0 Å². The summed E-state index contributed by atoms with van der Waals surface area (Å²) in [6.45, 7) is 1.74. The summed E-state index contributed by atoms with van der Waals surface area (Å²) in [5.74, 6) is -0.241. The Bertz CT molecular complexity index is 741. The van der Waals surface area contributed by atoms with Gasteiger partial charge in [-0.15, -0.1) is 0 Å². The molecule has 0 amide bonds. The summed E-state index contributed by atoms with van der Waals surface area (Å²) in [5.41, 5.74) is 1.77. The zero-order valence-corrected chi connectivity index (χ0v) is 9.38. The number of carboxylic acids is 1. The van der Waals surface area contributed by atoms with Crippen LogP contribution in [0.15, 0.2) is 33.2 Å². The van der Waals surface area contributed by atoms with Gasteiger partial charge in [0.15, 0.2) is 22.9 Å². The van der Waals surface area contributed by atoms with Crippen LogP contribution in [0.3, 0.4) is 0 Å². The first-order valence-corrected chi connectivity index (χ1v) is 5.21. The Labute approximate surface area is 101 Å². The number of carboxylic acid groups (broad SMARTS) is 1. The molecule has 0 spiro atoms. The Morgan fingerprint density at radius 2 is 2.22 bits per heavy atom. The monoisotopic (exact) mass is 244 g/mol. The van der Waals surface area contributed by atoms with Crippen molar-refractivity contribution in [2.24, 2.45) is 0 Å². The Morgan fingerprint density at radius 1 is 1.39 bits per heavy atom. The predicted molar refractivity (Wildman–Crippen MR) is 61.2 cm³/mol. The van der Waals surface area contributed by atoms with Crippen LogP contribution >= 0.6 is 0 Å². The van der Waals surface area contributed by atoms with Crippen molar-refractivity contribution in [1.82, 2.24) is 10.1 Å². The van der Waals surface area contributed by atoms with Crippen molar-refractivity contribution in [3.05, 3.63) is 35.9 Å². The number of para-hydroxylation sites is 1. The fraction of sp³-hybridized carbons (Fsp3) is 0.0833. The molecule has 0 aliphatic rings. The van der Waals surface area contributed by atoms with Crippen LogP contribution in [-0.2, 0) is 0 Å². The summed E-state index contributed by atoms with van der Waals surface area (Å²) in [6, 6.07) is 6.70. The van der Waals surface area contributed by atoms with Gasteiger partial charge in [0.2, 0.25) is 0 Å². The van der Waals surface area contributed by atoms with Gasteiger partial charge in [-0.3, -0.25) is 0 Å². The van der Waals surface area contributed by atoms with Crippen molar-refractivity contribution in [1.29, 1.82) is 0 Å². The largest absolute Gasteiger partial charge is 0.476 e. The smallest absolute Gasteiger partial charge is 0.358 e. The highest BCUT2D eigenvalue weighted by molar-refractivity contribution is 5.91. The van der Waals surface area contributed by atoms with E-state index in [-0.39, 0.29) is 5.69 Å². The molecule has 6 heteroatoms. The van der Waals surface area contributed by atoms with Gasteiger partial charge in [0.1, 0.15) is 5.52 Å². The van der Waals surface area contributed by atoms with Gasteiger partial charge in [-0.1, -0.05) is 11.2 Å². The highest BCUT2D eigenvalue weighted by Crippen LogP contribution is 2.28. The van der Waals surface area contributed by atoms with E-state index in [0.717, 1.165) is 0 Å². The van der Waals surface area contributed by atoms with E-state index in [9.17, 15) is 4.79 Å². The van der Waals surface area contributed by atoms with Gasteiger partial charge < -0.3 is 14.0 Å². The number of rotatable bonds is 2. The van der Waals surface area contributed by atoms with Crippen molar-refractivity contribution >= 4 is 17.1 Å². The quantitative estimate of drug-likeness (QED) is 0.744. The van der Waals surface area contributed by atoms with Gasteiger partial charge in [0.05, 0.1) is 0 Å². The number of aryl methyl sites for hydroxylation is 1. The summed E-state index contributed by atoms with van der Waals surface area (Å²) in [6.07, 6.45) is 0. The van der Waals surface area contributed by atoms with E-state index in [1.165, 1.54) is 6.07 Å². The fourth-order valence-electron chi connectivity index (χ4n) is 1.76. The maximum absolute atomic E-state index is 10.8. The van der Waals surface area contributed by atoms with Crippen LogP contribution in [0.5, 0.6) is 0 Å². The number of carbonyl (C=O) groups is 1. The third kappa shape index (κ3) is 1.55. The molecule has 0 saturated heterocycles. The second kappa shape index (κ2) is 3.69. The lowest BCUT2D eigenvalue weighted by Gasteiger charge is -1.94. The van der Waals surface area contributed by atoms with Crippen molar-refractivity contribution in [3.63, 3.8) is 0 Å². The van der Waals surface area contributed by atoms with Crippen LogP contribution in [0.25, 0.3) is 22.4 Å². The van der Waals surface area contributed by atoms with Gasteiger partial charge >= 0.3 is 5.97 Å². The van der Waals surface area contributed by atoms with Crippen LogP contribution in [-0.4, -0.2) is 21.2 Å². The van der Waals surface area contributed by atoms with Crippen molar-refractivity contribution in [3.8, 4) is 11.3 Å². The van der Waals surface area contributed by atoms with Gasteiger partial charge in [0.25, 0.3) is 0 Å². The number of aromatic carboxylic acids is 1. The molecule has 2 heterocycles. The maximum Gasteiger partial charge on any atom is 0.358 e. The average molecular weight is 244 g/mol. The van der Waals surface area contributed by atoms with Gasteiger partial charge in [-0.25, -0.2) is 9.78 Å². The standard InChI is InChI=1S/C12H8N2O4/c1-6-13-11-7(3-2-4-9(11)17-6)10-5-8(12(15)16)14-18-10/h2-5H,1H3,(H,15,16). The molecule has 0 atom stereocenters. The molecule has 0 bridgehead atoms. The van der Waals surface area contributed by atoms with Crippen molar-refractivity contribution in [2.75, 3.05) is 0 Å². The normalized spacial score (nSPS) is 10.9. The molecule has 18 heavy (non-hydrogen) atoms. The minimum atomic E-state index is -1.13. The van der Waals surface area contributed by atoms with E-state index < -0.39 is 5.97 Å². The molecule has 90 valence electrons.